The van der Waals surface area contributed by atoms with Crippen molar-refractivity contribution in [2.24, 2.45) is 0 Å². The van der Waals surface area contributed by atoms with Gasteiger partial charge in [-0.2, -0.15) is 0 Å². The van der Waals surface area contributed by atoms with E-state index in [9.17, 15) is 0 Å². The summed E-state index contributed by atoms with van der Waals surface area (Å²) in [4.78, 5) is 0. The van der Waals surface area contributed by atoms with Crippen LogP contribution in [0.5, 0.6) is 0 Å². The molecule has 0 bridgehead atoms. The largest absolute Gasteiger partial charge is 0.424 e. The first-order valence-corrected chi connectivity index (χ1v) is 5.32. The third-order valence-corrected chi connectivity index (χ3v) is 2.78. The maximum atomic E-state index is 5.58. The summed E-state index contributed by atoms with van der Waals surface area (Å²) in [5.41, 5.74) is 0. The Balaban J connectivity index is 2.05. The van der Waals surface area contributed by atoms with Crippen molar-refractivity contribution < 1.29 is 4.42 Å². The average Bonchev–Trinajstić information content (AvgIpc) is 2.67. The van der Waals surface area contributed by atoms with Gasteiger partial charge in [0.1, 0.15) is 5.88 Å². The van der Waals surface area contributed by atoms with Crippen molar-refractivity contribution in [2.75, 3.05) is 0 Å². The third kappa shape index (κ3) is 2.02. The van der Waals surface area contributed by atoms with Crippen molar-refractivity contribution in [1.82, 2.24) is 10.2 Å². The Morgan fingerprint density at radius 2 is 2.00 bits per heavy atom. The molecule has 3 nitrogen and oxygen atoms in total. The van der Waals surface area contributed by atoms with Gasteiger partial charge >= 0.3 is 0 Å². The maximum absolute atomic E-state index is 5.58. The molecule has 1 aromatic heterocycles. The molecule has 1 fully saturated rings. The number of aromatic nitrogens is 2. The quantitative estimate of drug-likeness (QED) is 0.690. The van der Waals surface area contributed by atoms with Gasteiger partial charge in [0.05, 0.1) is 0 Å². The fourth-order valence-corrected chi connectivity index (χ4v) is 1.94. The molecule has 0 saturated heterocycles. The minimum Gasteiger partial charge on any atom is -0.424 e. The van der Waals surface area contributed by atoms with Gasteiger partial charge in [-0.25, -0.2) is 0 Å². The fraction of sp³-hybridized carbons (Fsp3) is 0.778. The standard InChI is InChI=1S/C9H13ClN2O/c10-6-8-11-12-9(13-8)7-4-2-1-3-5-7/h7H,1-6H2. The van der Waals surface area contributed by atoms with E-state index in [0.29, 0.717) is 17.7 Å². The highest BCUT2D eigenvalue weighted by Gasteiger charge is 2.20. The maximum Gasteiger partial charge on any atom is 0.231 e. The molecular weight excluding hydrogens is 188 g/mol. The second-order valence-electron chi connectivity index (χ2n) is 3.50. The lowest BCUT2D eigenvalue weighted by Crippen LogP contribution is -2.04. The van der Waals surface area contributed by atoms with E-state index < -0.39 is 0 Å². The lowest BCUT2D eigenvalue weighted by Gasteiger charge is -2.17. The molecule has 0 radical (unpaired) electrons. The first kappa shape index (κ1) is 9.00. The molecule has 0 unspecified atom stereocenters. The predicted molar refractivity (Wildman–Crippen MR) is 49.7 cm³/mol. The molecule has 0 spiro atoms. The van der Waals surface area contributed by atoms with E-state index in [-0.39, 0.29) is 0 Å². The third-order valence-electron chi connectivity index (χ3n) is 2.55. The molecule has 13 heavy (non-hydrogen) atoms. The first-order valence-electron chi connectivity index (χ1n) is 4.78. The number of alkyl halides is 1. The smallest absolute Gasteiger partial charge is 0.231 e. The van der Waals surface area contributed by atoms with Crippen LogP contribution in [-0.4, -0.2) is 10.2 Å². The minimum atomic E-state index is 0.319. The predicted octanol–water partition coefficient (Wildman–Crippen LogP) is 2.86. The number of nitrogens with zero attached hydrogens (tertiary/aromatic N) is 2. The summed E-state index contributed by atoms with van der Waals surface area (Å²) in [6, 6.07) is 0. The zero-order chi connectivity index (χ0) is 9.10. The van der Waals surface area contributed by atoms with Crippen LogP contribution in [0.25, 0.3) is 0 Å². The summed E-state index contributed by atoms with van der Waals surface area (Å²) in [5.74, 6) is 2.13. The van der Waals surface area contributed by atoms with Crippen LogP contribution in [0, 0.1) is 0 Å². The number of hydrogen-bond donors (Lipinski definition) is 0. The van der Waals surface area contributed by atoms with E-state index in [1.54, 1.807) is 0 Å². The summed E-state index contributed by atoms with van der Waals surface area (Å²) in [7, 11) is 0. The van der Waals surface area contributed by atoms with E-state index in [0.717, 1.165) is 5.89 Å². The molecule has 2 rings (SSSR count). The highest BCUT2D eigenvalue weighted by molar-refractivity contribution is 6.16. The van der Waals surface area contributed by atoms with Gasteiger partial charge in [0.2, 0.25) is 11.8 Å². The summed E-state index contributed by atoms with van der Waals surface area (Å²) >= 11 is 5.58. The van der Waals surface area contributed by atoms with Crippen LogP contribution in [0.4, 0.5) is 0 Å². The zero-order valence-electron chi connectivity index (χ0n) is 7.50. The highest BCUT2D eigenvalue weighted by atomic mass is 35.5. The van der Waals surface area contributed by atoms with Crippen LogP contribution >= 0.6 is 11.6 Å². The van der Waals surface area contributed by atoms with E-state index in [2.05, 4.69) is 10.2 Å². The van der Waals surface area contributed by atoms with Crippen LogP contribution in [0.3, 0.4) is 0 Å². The summed E-state index contributed by atoms with van der Waals surface area (Å²) < 4.78 is 5.42. The molecule has 72 valence electrons. The van der Waals surface area contributed by atoms with Gasteiger partial charge in [-0.15, -0.1) is 21.8 Å². The van der Waals surface area contributed by atoms with Crippen LogP contribution in [0.15, 0.2) is 4.42 Å². The monoisotopic (exact) mass is 200 g/mol. The molecule has 0 atom stereocenters. The number of hydrogen-bond acceptors (Lipinski definition) is 3. The van der Waals surface area contributed by atoms with Crippen molar-refractivity contribution in [3.05, 3.63) is 11.8 Å². The Labute approximate surface area is 82.5 Å². The number of rotatable bonds is 2. The summed E-state index contributed by atoms with van der Waals surface area (Å²) in [6.45, 7) is 0. The van der Waals surface area contributed by atoms with Gasteiger partial charge < -0.3 is 4.42 Å². The normalized spacial score (nSPS) is 19.2. The fourth-order valence-electron chi connectivity index (χ4n) is 1.84. The molecule has 1 heterocycles. The van der Waals surface area contributed by atoms with Crippen molar-refractivity contribution in [3.63, 3.8) is 0 Å². The Morgan fingerprint density at radius 1 is 1.23 bits per heavy atom. The molecule has 0 N–H and O–H groups in total. The SMILES string of the molecule is ClCc1nnc(C2CCCCC2)o1. The Bertz CT molecular complexity index is 268. The van der Waals surface area contributed by atoms with Gasteiger partial charge in [0, 0.05) is 5.92 Å². The van der Waals surface area contributed by atoms with Crippen LogP contribution < -0.4 is 0 Å². The van der Waals surface area contributed by atoms with Crippen LogP contribution in [0.1, 0.15) is 49.8 Å². The summed E-state index contributed by atoms with van der Waals surface area (Å²) in [5, 5.41) is 7.87. The number of halogens is 1. The molecule has 1 aliphatic carbocycles. The summed E-state index contributed by atoms with van der Waals surface area (Å²) in [6.07, 6.45) is 6.27. The van der Waals surface area contributed by atoms with Gasteiger partial charge in [-0.3, -0.25) is 0 Å². The van der Waals surface area contributed by atoms with E-state index in [1.807, 2.05) is 0 Å². The molecule has 0 amide bonds. The lowest BCUT2D eigenvalue weighted by atomic mass is 9.89. The molecule has 0 aromatic carbocycles. The molecule has 1 aromatic rings. The van der Waals surface area contributed by atoms with Gasteiger partial charge in [0.15, 0.2) is 0 Å². The highest BCUT2D eigenvalue weighted by Crippen LogP contribution is 2.31. The zero-order valence-corrected chi connectivity index (χ0v) is 8.26. The second-order valence-corrected chi connectivity index (χ2v) is 3.77. The Morgan fingerprint density at radius 3 is 2.62 bits per heavy atom. The van der Waals surface area contributed by atoms with Gasteiger partial charge in [0.25, 0.3) is 0 Å². The first-order chi connectivity index (χ1) is 6.40. The van der Waals surface area contributed by atoms with Crippen molar-refractivity contribution >= 4 is 11.6 Å². The lowest BCUT2D eigenvalue weighted by molar-refractivity contribution is 0.355. The van der Waals surface area contributed by atoms with Crippen molar-refractivity contribution in [1.29, 1.82) is 0 Å². The van der Waals surface area contributed by atoms with E-state index in [4.69, 9.17) is 16.0 Å². The molecule has 1 saturated carbocycles. The topological polar surface area (TPSA) is 38.9 Å². The minimum absolute atomic E-state index is 0.319. The second kappa shape index (κ2) is 4.09. The Hall–Kier alpha value is -0.570. The van der Waals surface area contributed by atoms with Crippen LogP contribution in [-0.2, 0) is 5.88 Å². The van der Waals surface area contributed by atoms with Gasteiger partial charge in [-0.1, -0.05) is 19.3 Å². The van der Waals surface area contributed by atoms with E-state index >= 15 is 0 Å². The molecule has 0 aliphatic heterocycles. The average molecular weight is 201 g/mol. The Kier molecular flexibility index (Phi) is 2.83. The van der Waals surface area contributed by atoms with Crippen LogP contribution in [0.2, 0.25) is 0 Å². The van der Waals surface area contributed by atoms with Gasteiger partial charge in [-0.05, 0) is 12.8 Å². The van der Waals surface area contributed by atoms with Crippen molar-refractivity contribution in [3.8, 4) is 0 Å². The van der Waals surface area contributed by atoms with E-state index in [1.165, 1.54) is 32.1 Å². The molecule has 4 heteroatoms. The molecule has 1 aliphatic rings. The van der Waals surface area contributed by atoms with Crippen molar-refractivity contribution in [2.45, 2.75) is 43.9 Å². The molecular formula is C9H13ClN2O.